The first-order valence-corrected chi connectivity index (χ1v) is 6.61. The van der Waals surface area contributed by atoms with Gasteiger partial charge in [-0.3, -0.25) is 10.2 Å². The van der Waals surface area contributed by atoms with Gasteiger partial charge in [0.25, 0.3) is 5.56 Å². The third-order valence-corrected chi connectivity index (χ3v) is 3.45. The lowest BCUT2D eigenvalue weighted by Gasteiger charge is -2.03. The van der Waals surface area contributed by atoms with Gasteiger partial charge in [-0.15, -0.1) is 0 Å². The highest BCUT2D eigenvalue weighted by molar-refractivity contribution is 6.32. The minimum absolute atomic E-state index is 0.0589. The number of para-hydroxylation sites is 1. The highest BCUT2D eigenvalue weighted by Gasteiger charge is 2.06. The molecule has 0 fully saturated rings. The van der Waals surface area contributed by atoms with Crippen LogP contribution in [0.15, 0.2) is 46.6 Å². The van der Waals surface area contributed by atoms with Gasteiger partial charge in [-0.2, -0.15) is 10.2 Å². The van der Waals surface area contributed by atoms with Gasteiger partial charge in [0, 0.05) is 29.7 Å². The molecule has 2 N–H and O–H groups in total. The standard InChI is InChI=1S/C14H12ClN5O/c1-20-14(21)13(15)12(8-18-20)19-17-7-9-6-16-11-5-3-2-4-10(9)11/h2-8,16,19H,1H3/b17-7-. The first-order chi connectivity index (χ1) is 10.2. The van der Waals surface area contributed by atoms with Gasteiger partial charge >= 0.3 is 0 Å². The maximum Gasteiger partial charge on any atom is 0.287 e. The van der Waals surface area contributed by atoms with E-state index in [2.05, 4.69) is 20.6 Å². The van der Waals surface area contributed by atoms with Crippen molar-refractivity contribution in [2.24, 2.45) is 12.1 Å². The highest BCUT2D eigenvalue weighted by Crippen LogP contribution is 2.17. The molecule has 0 aliphatic rings. The summed E-state index contributed by atoms with van der Waals surface area (Å²) in [5.41, 5.74) is 4.70. The molecule has 6 nitrogen and oxygen atoms in total. The lowest BCUT2D eigenvalue weighted by Crippen LogP contribution is -2.20. The van der Waals surface area contributed by atoms with Crippen LogP contribution < -0.4 is 11.0 Å². The molecule has 2 heterocycles. The maximum atomic E-state index is 11.6. The molecule has 0 unspecified atom stereocenters. The summed E-state index contributed by atoms with van der Waals surface area (Å²) in [7, 11) is 1.53. The minimum Gasteiger partial charge on any atom is -0.361 e. The molecule has 0 bridgehead atoms. The number of aryl methyl sites for hydroxylation is 1. The SMILES string of the molecule is Cn1ncc(N/N=C\c2c[nH]c3ccccc23)c(Cl)c1=O. The monoisotopic (exact) mass is 301 g/mol. The third kappa shape index (κ3) is 2.53. The van der Waals surface area contributed by atoms with Crippen molar-refractivity contribution in [3.8, 4) is 0 Å². The number of H-pyrrole nitrogens is 1. The molecular weight excluding hydrogens is 290 g/mol. The Labute approximate surface area is 125 Å². The van der Waals surface area contributed by atoms with Crippen molar-refractivity contribution in [2.45, 2.75) is 0 Å². The lowest BCUT2D eigenvalue weighted by molar-refractivity contribution is 0.708. The fourth-order valence-corrected chi connectivity index (χ4v) is 2.17. The number of hydrogen-bond acceptors (Lipinski definition) is 4. The molecule has 7 heteroatoms. The summed E-state index contributed by atoms with van der Waals surface area (Å²) >= 11 is 5.94. The van der Waals surface area contributed by atoms with Crippen molar-refractivity contribution in [3.63, 3.8) is 0 Å². The fourth-order valence-electron chi connectivity index (χ4n) is 1.96. The van der Waals surface area contributed by atoms with E-state index < -0.39 is 0 Å². The fraction of sp³-hybridized carbons (Fsp3) is 0.0714. The quantitative estimate of drug-likeness (QED) is 0.576. The molecule has 0 saturated heterocycles. The smallest absolute Gasteiger partial charge is 0.287 e. The molecule has 0 saturated carbocycles. The first-order valence-electron chi connectivity index (χ1n) is 6.24. The van der Waals surface area contributed by atoms with E-state index in [1.165, 1.54) is 13.2 Å². The predicted octanol–water partition coefficient (Wildman–Crippen LogP) is 2.36. The van der Waals surface area contributed by atoms with Crippen LogP contribution in [0.2, 0.25) is 5.02 Å². The number of halogens is 1. The summed E-state index contributed by atoms with van der Waals surface area (Å²) in [6, 6.07) is 7.91. The van der Waals surface area contributed by atoms with Gasteiger partial charge in [-0.1, -0.05) is 29.8 Å². The molecule has 0 amide bonds. The zero-order valence-corrected chi connectivity index (χ0v) is 11.9. The molecule has 3 aromatic rings. The summed E-state index contributed by atoms with van der Waals surface area (Å²) in [6.07, 6.45) is 4.97. The number of rotatable bonds is 3. The van der Waals surface area contributed by atoms with E-state index in [-0.39, 0.29) is 10.6 Å². The minimum atomic E-state index is -0.371. The summed E-state index contributed by atoms with van der Waals surface area (Å²) in [5.74, 6) is 0. The molecule has 0 aliphatic heterocycles. The molecule has 0 aliphatic carbocycles. The number of hydrogen-bond donors (Lipinski definition) is 2. The summed E-state index contributed by atoms with van der Waals surface area (Å²) in [4.78, 5) is 14.8. The number of hydrazone groups is 1. The van der Waals surface area contributed by atoms with Crippen LogP contribution in [-0.4, -0.2) is 21.0 Å². The predicted molar refractivity (Wildman–Crippen MR) is 84.0 cm³/mol. The number of anilines is 1. The second-order valence-corrected chi connectivity index (χ2v) is 4.84. The van der Waals surface area contributed by atoms with E-state index in [4.69, 9.17) is 11.6 Å². The van der Waals surface area contributed by atoms with Crippen LogP contribution in [-0.2, 0) is 7.05 Å². The van der Waals surface area contributed by atoms with Crippen LogP contribution in [0, 0.1) is 0 Å². The molecule has 0 spiro atoms. The van der Waals surface area contributed by atoms with Crippen molar-refractivity contribution in [1.29, 1.82) is 0 Å². The van der Waals surface area contributed by atoms with Crippen LogP contribution in [0.3, 0.4) is 0 Å². The van der Waals surface area contributed by atoms with Gasteiger partial charge in [0.05, 0.1) is 12.4 Å². The Morgan fingerprint density at radius 1 is 1.43 bits per heavy atom. The Morgan fingerprint density at radius 3 is 3.10 bits per heavy atom. The Bertz CT molecular complexity index is 880. The maximum absolute atomic E-state index is 11.6. The normalized spacial score (nSPS) is 11.3. The largest absolute Gasteiger partial charge is 0.361 e. The molecule has 106 valence electrons. The van der Waals surface area contributed by atoms with Crippen molar-refractivity contribution in [2.75, 3.05) is 5.43 Å². The van der Waals surface area contributed by atoms with Crippen LogP contribution in [0.25, 0.3) is 10.9 Å². The van der Waals surface area contributed by atoms with E-state index in [1.54, 1.807) is 6.21 Å². The number of benzene rings is 1. The molecule has 21 heavy (non-hydrogen) atoms. The topological polar surface area (TPSA) is 75.1 Å². The first kappa shape index (κ1) is 13.4. The molecule has 1 aromatic carbocycles. The van der Waals surface area contributed by atoms with Crippen LogP contribution >= 0.6 is 11.6 Å². The number of aromatic amines is 1. The van der Waals surface area contributed by atoms with E-state index in [1.807, 2.05) is 30.5 Å². The van der Waals surface area contributed by atoms with Crippen LogP contribution in [0.5, 0.6) is 0 Å². The summed E-state index contributed by atoms with van der Waals surface area (Å²) in [6.45, 7) is 0. The van der Waals surface area contributed by atoms with Gasteiger partial charge in [-0.25, -0.2) is 4.68 Å². The summed E-state index contributed by atoms with van der Waals surface area (Å²) < 4.78 is 1.16. The number of fused-ring (bicyclic) bond motifs is 1. The Kier molecular flexibility index (Phi) is 3.45. The van der Waals surface area contributed by atoms with Gasteiger partial charge in [0.15, 0.2) is 0 Å². The Hall–Kier alpha value is -2.60. The van der Waals surface area contributed by atoms with Gasteiger partial charge in [0.2, 0.25) is 0 Å². The zero-order valence-electron chi connectivity index (χ0n) is 11.2. The zero-order chi connectivity index (χ0) is 14.8. The number of nitrogens with one attached hydrogen (secondary N) is 2. The molecule has 0 radical (unpaired) electrons. The second-order valence-electron chi connectivity index (χ2n) is 4.46. The van der Waals surface area contributed by atoms with E-state index >= 15 is 0 Å². The van der Waals surface area contributed by atoms with Crippen molar-refractivity contribution < 1.29 is 0 Å². The molecular formula is C14H12ClN5O. The van der Waals surface area contributed by atoms with Crippen LogP contribution in [0.1, 0.15) is 5.56 Å². The van der Waals surface area contributed by atoms with E-state index in [0.717, 1.165) is 21.1 Å². The van der Waals surface area contributed by atoms with Gasteiger partial charge in [0.1, 0.15) is 10.7 Å². The van der Waals surface area contributed by atoms with Crippen molar-refractivity contribution in [1.82, 2.24) is 14.8 Å². The van der Waals surface area contributed by atoms with Crippen molar-refractivity contribution in [3.05, 3.63) is 57.6 Å². The van der Waals surface area contributed by atoms with E-state index in [0.29, 0.717) is 5.69 Å². The second kappa shape index (κ2) is 5.41. The van der Waals surface area contributed by atoms with Gasteiger partial charge < -0.3 is 4.98 Å². The molecule has 2 aromatic heterocycles. The summed E-state index contributed by atoms with van der Waals surface area (Å²) in [5, 5.41) is 9.11. The van der Waals surface area contributed by atoms with Crippen LogP contribution in [0.4, 0.5) is 5.69 Å². The number of aromatic nitrogens is 3. The lowest BCUT2D eigenvalue weighted by atomic mass is 10.2. The van der Waals surface area contributed by atoms with E-state index in [9.17, 15) is 4.79 Å². The third-order valence-electron chi connectivity index (χ3n) is 3.09. The van der Waals surface area contributed by atoms with Gasteiger partial charge in [-0.05, 0) is 6.07 Å². The molecule has 3 rings (SSSR count). The number of nitrogens with zero attached hydrogens (tertiary/aromatic N) is 3. The Morgan fingerprint density at radius 2 is 2.24 bits per heavy atom. The molecule has 0 atom stereocenters. The average molecular weight is 302 g/mol. The highest BCUT2D eigenvalue weighted by atomic mass is 35.5. The Balaban J connectivity index is 1.85. The van der Waals surface area contributed by atoms with Crippen molar-refractivity contribution >= 4 is 34.4 Å². The average Bonchev–Trinajstić information content (AvgIpc) is 2.91.